The van der Waals surface area contributed by atoms with Crippen molar-refractivity contribution in [2.24, 2.45) is 0 Å². The number of rotatable bonds is 5. The molecule has 1 N–H and O–H groups in total. The molecule has 0 saturated carbocycles. The van der Waals surface area contributed by atoms with Crippen LogP contribution in [0.25, 0.3) is 6.08 Å². The van der Waals surface area contributed by atoms with Crippen LogP contribution < -0.4 is 5.32 Å². The van der Waals surface area contributed by atoms with Gasteiger partial charge in [-0.2, -0.15) is 0 Å². The van der Waals surface area contributed by atoms with Crippen molar-refractivity contribution in [3.8, 4) is 0 Å². The summed E-state index contributed by atoms with van der Waals surface area (Å²) in [7, 11) is 1.62. The van der Waals surface area contributed by atoms with Gasteiger partial charge in [-0.15, -0.1) is 0 Å². The first-order valence-corrected chi connectivity index (χ1v) is 6.77. The van der Waals surface area contributed by atoms with Crippen molar-refractivity contribution in [2.75, 3.05) is 12.4 Å². The van der Waals surface area contributed by atoms with Gasteiger partial charge in [0.2, 0.25) is 0 Å². The summed E-state index contributed by atoms with van der Waals surface area (Å²) in [6.07, 6.45) is 3.02. The summed E-state index contributed by atoms with van der Waals surface area (Å²) in [6, 6.07) is 12.1. The fourth-order valence-corrected chi connectivity index (χ4v) is 2.13. The Morgan fingerprint density at radius 2 is 1.95 bits per heavy atom. The molecule has 0 spiro atoms. The average molecular weight is 296 g/mol. The highest BCUT2D eigenvalue weighted by atomic mass is 16.6. The van der Waals surface area contributed by atoms with E-state index in [-0.39, 0.29) is 11.5 Å². The van der Waals surface area contributed by atoms with Gasteiger partial charge in [0.15, 0.2) is 5.78 Å². The molecule has 5 nitrogen and oxygen atoms in total. The van der Waals surface area contributed by atoms with Gasteiger partial charge < -0.3 is 5.32 Å². The van der Waals surface area contributed by atoms with E-state index >= 15 is 0 Å². The van der Waals surface area contributed by atoms with Crippen molar-refractivity contribution < 1.29 is 9.72 Å². The molecule has 0 amide bonds. The van der Waals surface area contributed by atoms with E-state index < -0.39 is 4.92 Å². The molecule has 0 aliphatic rings. The van der Waals surface area contributed by atoms with Crippen molar-refractivity contribution in [2.45, 2.75) is 6.92 Å². The zero-order valence-electron chi connectivity index (χ0n) is 12.4. The van der Waals surface area contributed by atoms with Gasteiger partial charge in [-0.05, 0) is 30.2 Å². The minimum Gasteiger partial charge on any atom is -0.383 e. The van der Waals surface area contributed by atoms with Crippen LogP contribution in [0.1, 0.15) is 21.5 Å². The van der Waals surface area contributed by atoms with E-state index in [1.165, 1.54) is 12.1 Å². The standard InChI is InChI=1S/C17H16N2O3/c1-12-5-3-4-6-14(12)17(20)10-8-13-7-9-15(18-2)16(11-13)19(21)22/h3-11,18H,1-2H3/b10-8+. The van der Waals surface area contributed by atoms with Crippen LogP contribution in [-0.2, 0) is 0 Å². The second-order valence-corrected chi connectivity index (χ2v) is 4.80. The summed E-state index contributed by atoms with van der Waals surface area (Å²) in [5, 5.41) is 13.8. The summed E-state index contributed by atoms with van der Waals surface area (Å²) >= 11 is 0. The van der Waals surface area contributed by atoms with Gasteiger partial charge in [0.25, 0.3) is 5.69 Å². The third-order valence-corrected chi connectivity index (χ3v) is 3.33. The molecule has 0 heterocycles. The van der Waals surface area contributed by atoms with Gasteiger partial charge in [0, 0.05) is 18.7 Å². The van der Waals surface area contributed by atoms with Crippen LogP contribution in [0.5, 0.6) is 0 Å². The molecular weight excluding hydrogens is 280 g/mol. The largest absolute Gasteiger partial charge is 0.383 e. The number of nitro benzene ring substituents is 1. The SMILES string of the molecule is CNc1ccc(/C=C/C(=O)c2ccccc2C)cc1[N+](=O)[O-]. The molecule has 22 heavy (non-hydrogen) atoms. The average Bonchev–Trinajstić information content (AvgIpc) is 2.52. The normalized spacial score (nSPS) is 10.6. The lowest BCUT2D eigenvalue weighted by Crippen LogP contribution is -1.98. The van der Waals surface area contributed by atoms with Crippen molar-refractivity contribution in [1.82, 2.24) is 0 Å². The highest BCUT2D eigenvalue weighted by Crippen LogP contribution is 2.25. The van der Waals surface area contributed by atoms with Crippen LogP contribution >= 0.6 is 0 Å². The lowest BCUT2D eigenvalue weighted by molar-refractivity contribution is -0.383. The van der Waals surface area contributed by atoms with Gasteiger partial charge in [-0.3, -0.25) is 14.9 Å². The van der Waals surface area contributed by atoms with Gasteiger partial charge in [-0.1, -0.05) is 36.4 Å². The van der Waals surface area contributed by atoms with E-state index in [1.54, 1.807) is 37.4 Å². The van der Waals surface area contributed by atoms with Gasteiger partial charge in [0.1, 0.15) is 5.69 Å². The lowest BCUT2D eigenvalue weighted by atomic mass is 10.0. The number of allylic oxidation sites excluding steroid dienone is 1. The highest BCUT2D eigenvalue weighted by Gasteiger charge is 2.12. The minimum absolute atomic E-state index is 0.0204. The van der Waals surface area contributed by atoms with Crippen LogP contribution in [0.2, 0.25) is 0 Å². The summed E-state index contributed by atoms with van der Waals surface area (Å²) < 4.78 is 0. The second kappa shape index (κ2) is 6.67. The Morgan fingerprint density at radius 3 is 2.59 bits per heavy atom. The number of nitrogens with zero attached hydrogens (tertiary/aromatic N) is 1. The topological polar surface area (TPSA) is 72.2 Å². The summed E-state index contributed by atoms with van der Waals surface area (Å²) in [5.41, 5.74) is 2.54. The van der Waals surface area contributed by atoms with Crippen molar-refractivity contribution in [3.05, 3.63) is 75.3 Å². The predicted octanol–water partition coefficient (Wildman–Crippen LogP) is 3.84. The number of nitro groups is 1. The predicted molar refractivity (Wildman–Crippen MR) is 87.2 cm³/mol. The quantitative estimate of drug-likeness (QED) is 0.394. The number of hydrogen-bond donors (Lipinski definition) is 1. The maximum atomic E-state index is 12.1. The Hall–Kier alpha value is -2.95. The molecular formula is C17H16N2O3. The molecule has 112 valence electrons. The Bertz CT molecular complexity index is 751. The highest BCUT2D eigenvalue weighted by molar-refractivity contribution is 6.07. The van der Waals surface area contributed by atoms with E-state index in [0.717, 1.165) is 5.56 Å². The number of carbonyl (C=O) groups is 1. The molecule has 0 aromatic heterocycles. The summed E-state index contributed by atoms with van der Waals surface area (Å²) in [6.45, 7) is 1.87. The van der Waals surface area contributed by atoms with Crippen LogP contribution in [-0.4, -0.2) is 17.8 Å². The van der Waals surface area contributed by atoms with Crippen LogP contribution in [0.3, 0.4) is 0 Å². The van der Waals surface area contributed by atoms with Gasteiger partial charge in [-0.25, -0.2) is 0 Å². The zero-order valence-corrected chi connectivity index (χ0v) is 12.4. The lowest BCUT2D eigenvalue weighted by Gasteiger charge is -2.03. The molecule has 2 aromatic rings. The summed E-state index contributed by atoms with van der Waals surface area (Å²) in [4.78, 5) is 22.7. The van der Waals surface area contributed by atoms with Crippen LogP contribution in [0, 0.1) is 17.0 Å². The Morgan fingerprint density at radius 1 is 1.23 bits per heavy atom. The number of carbonyl (C=O) groups excluding carboxylic acids is 1. The molecule has 5 heteroatoms. The van der Waals surface area contributed by atoms with E-state index in [9.17, 15) is 14.9 Å². The van der Waals surface area contributed by atoms with E-state index in [4.69, 9.17) is 0 Å². The monoisotopic (exact) mass is 296 g/mol. The van der Waals surface area contributed by atoms with E-state index in [1.807, 2.05) is 19.1 Å². The van der Waals surface area contributed by atoms with Gasteiger partial charge in [0.05, 0.1) is 4.92 Å². The zero-order chi connectivity index (χ0) is 16.1. The number of aryl methyl sites for hydroxylation is 1. The molecule has 0 radical (unpaired) electrons. The number of nitrogens with one attached hydrogen (secondary N) is 1. The molecule has 0 bridgehead atoms. The van der Waals surface area contributed by atoms with Gasteiger partial charge >= 0.3 is 0 Å². The molecule has 2 aromatic carbocycles. The Labute approximate surface area is 128 Å². The molecule has 0 atom stereocenters. The number of benzene rings is 2. The van der Waals surface area contributed by atoms with Crippen molar-refractivity contribution in [1.29, 1.82) is 0 Å². The van der Waals surface area contributed by atoms with Crippen molar-refractivity contribution in [3.63, 3.8) is 0 Å². The number of hydrogen-bond acceptors (Lipinski definition) is 4. The third-order valence-electron chi connectivity index (χ3n) is 3.33. The smallest absolute Gasteiger partial charge is 0.292 e. The molecule has 0 fully saturated rings. The van der Waals surface area contributed by atoms with Crippen LogP contribution in [0.4, 0.5) is 11.4 Å². The molecule has 0 unspecified atom stereocenters. The third kappa shape index (κ3) is 3.38. The molecule has 0 aliphatic heterocycles. The maximum absolute atomic E-state index is 12.1. The van der Waals surface area contributed by atoms with E-state index in [0.29, 0.717) is 16.8 Å². The van der Waals surface area contributed by atoms with Crippen LogP contribution in [0.15, 0.2) is 48.5 Å². The minimum atomic E-state index is -0.452. The first-order valence-electron chi connectivity index (χ1n) is 6.77. The fraction of sp³-hybridized carbons (Fsp3) is 0.118. The number of anilines is 1. The van der Waals surface area contributed by atoms with E-state index in [2.05, 4.69) is 5.32 Å². The molecule has 0 aliphatic carbocycles. The Kier molecular flexibility index (Phi) is 4.68. The summed E-state index contributed by atoms with van der Waals surface area (Å²) in [5.74, 6) is -0.126. The fourth-order valence-electron chi connectivity index (χ4n) is 2.13. The van der Waals surface area contributed by atoms with Crippen molar-refractivity contribution >= 4 is 23.2 Å². The second-order valence-electron chi connectivity index (χ2n) is 4.80. The first-order chi connectivity index (χ1) is 10.5. The molecule has 2 rings (SSSR count). The maximum Gasteiger partial charge on any atom is 0.292 e. The first kappa shape index (κ1) is 15.4. The molecule has 0 saturated heterocycles. The Balaban J connectivity index is 2.27. The number of ketones is 1.